The summed E-state index contributed by atoms with van der Waals surface area (Å²) >= 11 is 0. The van der Waals surface area contributed by atoms with E-state index in [2.05, 4.69) is 23.1 Å². The molecule has 1 atom stereocenters. The van der Waals surface area contributed by atoms with Crippen LogP contribution in [0.3, 0.4) is 0 Å². The van der Waals surface area contributed by atoms with E-state index in [-0.39, 0.29) is 6.04 Å². The van der Waals surface area contributed by atoms with Gasteiger partial charge in [0.2, 0.25) is 0 Å². The van der Waals surface area contributed by atoms with E-state index in [9.17, 15) is 0 Å². The predicted octanol–water partition coefficient (Wildman–Crippen LogP) is 1.88. The largest absolute Gasteiger partial charge is 0.399 e. The zero-order valence-electron chi connectivity index (χ0n) is 8.33. The minimum atomic E-state index is 0.0364. The van der Waals surface area contributed by atoms with Gasteiger partial charge in [0.05, 0.1) is 6.04 Å². The summed E-state index contributed by atoms with van der Waals surface area (Å²) in [6.45, 7) is 2.10. The molecule has 0 radical (unpaired) electrons. The number of nitrogen functional groups attached to an aromatic ring is 1. The third kappa shape index (κ3) is 2.98. The van der Waals surface area contributed by atoms with E-state index in [1.54, 1.807) is 18.3 Å². The van der Waals surface area contributed by atoms with Crippen molar-refractivity contribution in [3.05, 3.63) is 18.3 Å². The number of hydrogen-bond donors (Lipinski definition) is 2. The van der Waals surface area contributed by atoms with Gasteiger partial charge in [-0.1, -0.05) is 19.3 Å². The molecule has 0 saturated heterocycles. The van der Waals surface area contributed by atoms with Crippen LogP contribution in [0.5, 0.6) is 0 Å². The molecule has 3 heteroatoms. The summed E-state index contributed by atoms with van der Waals surface area (Å²) in [6, 6.07) is 3.56. The monoisotopic (exact) mass is 189 g/mol. The van der Waals surface area contributed by atoms with E-state index < -0.39 is 0 Å². The molecule has 0 spiro atoms. The molecule has 0 bridgehead atoms. The van der Waals surface area contributed by atoms with Crippen molar-refractivity contribution in [3.63, 3.8) is 0 Å². The van der Waals surface area contributed by atoms with E-state index in [1.807, 2.05) is 0 Å². The molecule has 0 aliphatic rings. The lowest BCUT2D eigenvalue weighted by molar-refractivity contribution is 0.753. The normalized spacial score (nSPS) is 11.7. The van der Waals surface area contributed by atoms with Crippen LogP contribution in [-0.4, -0.2) is 11.0 Å². The minimum absolute atomic E-state index is 0.0364. The third-order valence-electron chi connectivity index (χ3n) is 1.88. The fourth-order valence-electron chi connectivity index (χ4n) is 1.19. The number of nitrogens with one attached hydrogen (secondary N) is 1. The molecule has 1 rings (SSSR count). The number of aromatic nitrogens is 1. The Bertz CT molecular complexity index is 328. The molecule has 1 aromatic rings. The van der Waals surface area contributed by atoms with Gasteiger partial charge in [0.15, 0.2) is 0 Å². The van der Waals surface area contributed by atoms with Crippen LogP contribution in [0.15, 0.2) is 18.3 Å². The maximum Gasteiger partial charge on any atom is 0.128 e. The molecule has 0 saturated carbocycles. The second-order valence-electron chi connectivity index (χ2n) is 3.13. The number of rotatable bonds is 4. The van der Waals surface area contributed by atoms with Crippen LogP contribution < -0.4 is 11.1 Å². The van der Waals surface area contributed by atoms with Crippen molar-refractivity contribution in [3.8, 4) is 12.3 Å². The van der Waals surface area contributed by atoms with E-state index in [4.69, 9.17) is 12.2 Å². The molecular weight excluding hydrogens is 174 g/mol. The van der Waals surface area contributed by atoms with Gasteiger partial charge >= 0.3 is 0 Å². The zero-order chi connectivity index (χ0) is 10.4. The summed E-state index contributed by atoms with van der Waals surface area (Å²) < 4.78 is 0. The summed E-state index contributed by atoms with van der Waals surface area (Å²) in [5.41, 5.74) is 6.31. The maximum atomic E-state index is 5.62. The number of anilines is 2. The maximum absolute atomic E-state index is 5.62. The molecule has 0 aliphatic heterocycles. The Labute approximate surface area is 84.7 Å². The average molecular weight is 189 g/mol. The summed E-state index contributed by atoms with van der Waals surface area (Å²) in [7, 11) is 0. The quantitative estimate of drug-likeness (QED) is 0.711. The molecule has 0 amide bonds. The van der Waals surface area contributed by atoms with Crippen molar-refractivity contribution in [2.24, 2.45) is 0 Å². The van der Waals surface area contributed by atoms with E-state index in [0.29, 0.717) is 5.69 Å². The standard InChI is InChI=1S/C11H15N3/c1-3-5-10(4-2)14-11-8-9(12)6-7-13-11/h2,6-8,10H,3,5H2,1H3,(H3,12,13,14). The molecule has 0 aromatic carbocycles. The average Bonchev–Trinajstić information content (AvgIpc) is 2.17. The smallest absolute Gasteiger partial charge is 0.128 e. The van der Waals surface area contributed by atoms with Crippen molar-refractivity contribution in [2.75, 3.05) is 11.1 Å². The Balaban J connectivity index is 2.63. The van der Waals surface area contributed by atoms with Gasteiger partial charge in [-0.15, -0.1) is 6.42 Å². The molecule has 0 fully saturated rings. The lowest BCUT2D eigenvalue weighted by Gasteiger charge is -2.12. The highest BCUT2D eigenvalue weighted by atomic mass is 15.0. The van der Waals surface area contributed by atoms with E-state index >= 15 is 0 Å². The molecule has 1 heterocycles. The van der Waals surface area contributed by atoms with E-state index in [1.165, 1.54) is 0 Å². The van der Waals surface area contributed by atoms with Gasteiger partial charge in [0, 0.05) is 18.0 Å². The first-order chi connectivity index (χ1) is 6.76. The Hall–Kier alpha value is -1.69. The minimum Gasteiger partial charge on any atom is -0.399 e. The summed E-state index contributed by atoms with van der Waals surface area (Å²) in [5, 5.41) is 3.14. The second-order valence-corrected chi connectivity index (χ2v) is 3.13. The first kappa shape index (κ1) is 10.4. The van der Waals surface area contributed by atoms with Crippen molar-refractivity contribution in [2.45, 2.75) is 25.8 Å². The predicted molar refractivity (Wildman–Crippen MR) is 59.8 cm³/mol. The molecule has 3 N–H and O–H groups in total. The van der Waals surface area contributed by atoms with Crippen LogP contribution in [0.2, 0.25) is 0 Å². The number of nitrogens with two attached hydrogens (primary N) is 1. The molecule has 3 nitrogen and oxygen atoms in total. The van der Waals surface area contributed by atoms with Crippen LogP contribution in [0.25, 0.3) is 0 Å². The van der Waals surface area contributed by atoms with Crippen LogP contribution in [0, 0.1) is 12.3 Å². The van der Waals surface area contributed by atoms with Crippen molar-refractivity contribution >= 4 is 11.5 Å². The molecular formula is C11H15N3. The third-order valence-corrected chi connectivity index (χ3v) is 1.88. The van der Waals surface area contributed by atoms with Gasteiger partial charge in [0.25, 0.3) is 0 Å². The lowest BCUT2D eigenvalue weighted by Crippen LogP contribution is -2.17. The van der Waals surface area contributed by atoms with Gasteiger partial charge in [-0.25, -0.2) is 4.98 Å². The number of hydrogen-bond acceptors (Lipinski definition) is 3. The van der Waals surface area contributed by atoms with Crippen molar-refractivity contribution in [1.29, 1.82) is 0 Å². The highest BCUT2D eigenvalue weighted by molar-refractivity contribution is 5.49. The van der Waals surface area contributed by atoms with Crippen molar-refractivity contribution in [1.82, 2.24) is 4.98 Å². The highest BCUT2D eigenvalue weighted by Crippen LogP contribution is 2.10. The Morgan fingerprint density at radius 2 is 2.50 bits per heavy atom. The van der Waals surface area contributed by atoms with Crippen LogP contribution >= 0.6 is 0 Å². The summed E-state index contributed by atoms with van der Waals surface area (Å²) in [6.07, 6.45) is 9.02. The van der Waals surface area contributed by atoms with Gasteiger partial charge in [-0.2, -0.15) is 0 Å². The number of pyridine rings is 1. The molecule has 74 valence electrons. The summed E-state index contributed by atoms with van der Waals surface area (Å²) in [5.74, 6) is 3.42. The Morgan fingerprint density at radius 3 is 3.07 bits per heavy atom. The highest BCUT2D eigenvalue weighted by Gasteiger charge is 2.03. The second kappa shape index (κ2) is 5.13. The van der Waals surface area contributed by atoms with Gasteiger partial charge in [0.1, 0.15) is 5.82 Å². The molecule has 14 heavy (non-hydrogen) atoms. The van der Waals surface area contributed by atoms with Gasteiger partial charge in [-0.3, -0.25) is 0 Å². The molecule has 1 aromatic heterocycles. The summed E-state index contributed by atoms with van der Waals surface area (Å²) in [4.78, 5) is 4.12. The first-order valence-corrected chi connectivity index (χ1v) is 4.70. The topological polar surface area (TPSA) is 50.9 Å². The SMILES string of the molecule is C#CC(CCC)Nc1cc(N)ccn1. The fourth-order valence-corrected chi connectivity index (χ4v) is 1.19. The van der Waals surface area contributed by atoms with E-state index in [0.717, 1.165) is 18.7 Å². The molecule has 0 aliphatic carbocycles. The Morgan fingerprint density at radius 1 is 1.71 bits per heavy atom. The van der Waals surface area contributed by atoms with Crippen molar-refractivity contribution < 1.29 is 0 Å². The van der Waals surface area contributed by atoms with Crippen LogP contribution in [0.1, 0.15) is 19.8 Å². The molecule has 1 unspecified atom stereocenters. The van der Waals surface area contributed by atoms with Crippen LogP contribution in [-0.2, 0) is 0 Å². The van der Waals surface area contributed by atoms with Gasteiger partial charge < -0.3 is 11.1 Å². The number of nitrogens with zero attached hydrogens (tertiary/aromatic N) is 1. The van der Waals surface area contributed by atoms with Crippen LogP contribution in [0.4, 0.5) is 11.5 Å². The van der Waals surface area contributed by atoms with Gasteiger partial charge in [-0.05, 0) is 12.5 Å². The Kier molecular flexibility index (Phi) is 3.81. The lowest BCUT2D eigenvalue weighted by atomic mass is 10.2. The first-order valence-electron chi connectivity index (χ1n) is 4.70. The zero-order valence-corrected chi connectivity index (χ0v) is 8.33. The fraction of sp³-hybridized carbons (Fsp3) is 0.364. The number of terminal acetylenes is 1.